The van der Waals surface area contributed by atoms with Crippen molar-refractivity contribution in [1.29, 1.82) is 5.26 Å². The molecule has 2 rings (SSSR count). The number of rotatable bonds is 0. The molecule has 0 fully saturated rings. The molecule has 1 heteroatoms. The quantitative estimate of drug-likeness (QED) is 0.657. The van der Waals surface area contributed by atoms with Crippen LogP contribution in [-0.2, 0) is 0 Å². The summed E-state index contributed by atoms with van der Waals surface area (Å²) in [5.74, 6) is 0. The zero-order chi connectivity index (χ0) is 12.7. The number of hydrogen-bond acceptors (Lipinski definition) is 1. The normalized spacial score (nSPS) is 8.82. The van der Waals surface area contributed by atoms with E-state index in [0.29, 0.717) is 0 Å². The second kappa shape index (κ2) is 6.50. The Hall–Kier alpha value is -2.07. The van der Waals surface area contributed by atoms with E-state index in [2.05, 4.69) is 44.2 Å². The highest BCUT2D eigenvalue weighted by molar-refractivity contribution is 5.30. The zero-order valence-electron chi connectivity index (χ0n) is 10.6. The van der Waals surface area contributed by atoms with Crippen LogP contribution in [-0.4, -0.2) is 0 Å². The minimum absolute atomic E-state index is 0.723. The highest BCUT2D eigenvalue weighted by Crippen LogP contribution is 2.00. The van der Waals surface area contributed by atoms with Gasteiger partial charge in [0.15, 0.2) is 0 Å². The number of nitriles is 1. The summed E-state index contributed by atoms with van der Waals surface area (Å²) in [6.45, 7) is 6.21. The third-order valence-corrected chi connectivity index (χ3v) is 2.35. The Kier molecular flexibility index (Phi) is 4.97. The molecule has 0 saturated carbocycles. The molecule has 0 radical (unpaired) electrons. The van der Waals surface area contributed by atoms with Crippen molar-refractivity contribution >= 4 is 0 Å². The molecule has 0 spiro atoms. The third kappa shape index (κ3) is 4.99. The smallest absolute Gasteiger partial charge is 0.0991 e. The van der Waals surface area contributed by atoms with Crippen LogP contribution in [0.5, 0.6) is 0 Å². The number of nitrogens with zero attached hydrogens (tertiary/aromatic N) is 1. The highest BCUT2D eigenvalue weighted by atomic mass is 14.2. The monoisotopic (exact) mass is 223 g/mol. The first-order chi connectivity index (χ1) is 8.11. The zero-order valence-corrected chi connectivity index (χ0v) is 10.6. The Morgan fingerprint density at radius 2 is 1.29 bits per heavy atom. The van der Waals surface area contributed by atoms with Gasteiger partial charge in [0.25, 0.3) is 0 Å². The third-order valence-electron chi connectivity index (χ3n) is 2.35. The summed E-state index contributed by atoms with van der Waals surface area (Å²) in [7, 11) is 0. The minimum atomic E-state index is 0.723. The minimum Gasteiger partial charge on any atom is -0.192 e. The van der Waals surface area contributed by atoms with Crippen molar-refractivity contribution in [3.05, 3.63) is 70.8 Å². The van der Waals surface area contributed by atoms with E-state index in [-0.39, 0.29) is 0 Å². The summed E-state index contributed by atoms with van der Waals surface area (Å²) in [6, 6.07) is 18.0. The average molecular weight is 223 g/mol. The highest BCUT2D eigenvalue weighted by Gasteiger charge is 1.85. The molecule has 1 nitrogen and oxygen atoms in total. The van der Waals surface area contributed by atoms with Gasteiger partial charge in [-0.05, 0) is 32.9 Å². The fourth-order valence-corrected chi connectivity index (χ4v) is 1.44. The fraction of sp³-hybridized carbons (Fsp3) is 0.188. The summed E-state index contributed by atoms with van der Waals surface area (Å²) >= 11 is 0. The molecule has 86 valence electrons. The van der Waals surface area contributed by atoms with Crippen LogP contribution in [0.15, 0.2) is 48.5 Å². The molecule has 0 unspecified atom stereocenters. The maximum Gasteiger partial charge on any atom is 0.0991 e. The summed E-state index contributed by atoms with van der Waals surface area (Å²) < 4.78 is 0. The van der Waals surface area contributed by atoms with E-state index in [0.717, 1.165) is 5.56 Å². The van der Waals surface area contributed by atoms with Crippen molar-refractivity contribution in [3.8, 4) is 6.07 Å². The summed E-state index contributed by atoms with van der Waals surface area (Å²) in [5, 5.41) is 8.38. The maximum atomic E-state index is 8.38. The van der Waals surface area contributed by atoms with Gasteiger partial charge in [0.2, 0.25) is 0 Å². The molecule has 0 amide bonds. The Morgan fingerprint density at radius 1 is 0.765 bits per heavy atom. The second-order valence-corrected chi connectivity index (χ2v) is 4.14. The molecular weight excluding hydrogens is 206 g/mol. The van der Waals surface area contributed by atoms with E-state index >= 15 is 0 Å². The number of benzene rings is 2. The summed E-state index contributed by atoms with van der Waals surface area (Å²) in [6.07, 6.45) is 0. The van der Waals surface area contributed by atoms with Gasteiger partial charge >= 0.3 is 0 Å². The standard InChI is InChI=1S/C8H7N.C8H10/c1-7-2-4-8(6-9)5-3-7;1-7-4-3-5-8(2)6-7/h2-5H,1H3;3-6H,1-2H3. The van der Waals surface area contributed by atoms with Crippen LogP contribution in [0.25, 0.3) is 0 Å². The van der Waals surface area contributed by atoms with Crippen molar-refractivity contribution in [2.24, 2.45) is 0 Å². The van der Waals surface area contributed by atoms with Crippen LogP contribution in [0.1, 0.15) is 22.3 Å². The average Bonchev–Trinajstić information content (AvgIpc) is 2.30. The Morgan fingerprint density at radius 3 is 1.65 bits per heavy atom. The molecular formula is C16H17N. The summed E-state index contributed by atoms with van der Waals surface area (Å²) in [4.78, 5) is 0. The van der Waals surface area contributed by atoms with Crippen LogP contribution in [0.4, 0.5) is 0 Å². The molecule has 0 saturated heterocycles. The van der Waals surface area contributed by atoms with Crippen molar-refractivity contribution in [2.45, 2.75) is 20.8 Å². The lowest BCUT2D eigenvalue weighted by Gasteiger charge is -1.90. The Balaban J connectivity index is 0.000000171. The first-order valence-corrected chi connectivity index (χ1v) is 5.62. The van der Waals surface area contributed by atoms with Crippen LogP contribution in [0, 0.1) is 32.1 Å². The topological polar surface area (TPSA) is 23.8 Å². The van der Waals surface area contributed by atoms with Gasteiger partial charge in [-0.25, -0.2) is 0 Å². The first-order valence-electron chi connectivity index (χ1n) is 5.62. The molecule has 0 atom stereocenters. The Labute approximate surface area is 103 Å². The molecule has 0 aliphatic carbocycles. The van der Waals surface area contributed by atoms with Crippen LogP contribution in [0.2, 0.25) is 0 Å². The lowest BCUT2D eigenvalue weighted by molar-refractivity contribution is 1.39. The largest absolute Gasteiger partial charge is 0.192 e. The van der Waals surface area contributed by atoms with E-state index in [1.165, 1.54) is 16.7 Å². The van der Waals surface area contributed by atoms with E-state index in [9.17, 15) is 0 Å². The molecule has 0 heterocycles. The van der Waals surface area contributed by atoms with Crippen molar-refractivity contribution in [2.75, 3.05) is 0 Å². The maximum absolute atomic E-state index is 8.38. The van der Waals surface area contributed by atoms with E-state index < -0.39 is 0 Å². The van der Waals surface area contributed by atoms with Crippen molar-refractivity contribution in [1.82, 2.24) is 0 Å². The van der Waals surface area contributed by atoms with Crippen molar-refractivity contribution in [3.63, 3.8) is 0 Å². The van der Waals surface area contributed by atoms with Crippen LogP contribution in [0.3, 0.4) is 0 Å². The molecule has 0 aliphatic rings. The SMILES string of the molecule is Cc1ccc(C#N)cc1.Cc1cccc(C)c1. The van der Waals surface area contributed by atoms with Crippen LogP contribution >= 0.6 is 0 Å². The molecule has 2 aromatic rings. The number of aryl methyl sites for hydroxylation is 3. The van der Waals surface area contributed by atoms with Gasteiger partial charge in [0.05, 0.1) is 11.6 Å². The molecule has 2 aromatic carbocycles. The fourth-order valence-electron chi connectivity index (χ4n) is 1.44. The molecule has 17 heavy (non-hydrogen) atoms. The van der Waals surface area contributed by atoms with E-state index in [1.807, 2.05) is 31.2 Å². The van der Waals surface area contributed by atoms with Gasteiger partial charge in [-0.3, -0.25) is 0 Å². The van der Waals surface area contributed by atoms with Crippen LogP contribution < -0.4 is 0 Å². The van der Waals surface area contributed by atoms with E-state index in [4.69, 9.17) is 5.26 Å². The lowest BCUT2D eigenvalue weighted by atomic mass is 10.2. The Bertz CT molecular complexity index is 487. The molecule has 0 bridgehead atoms. The van der Waals surface area contributed by atoms with Crippen molar-refractivity contribution < 1.29 is 0 Å². The lowest BCUT2D eigenvalue weighted by Crippen LogP contribution is -1.72. The van der Waals surface area contributed by atoms with E-state index in [1.54, 1.807) is 0 Å². The molecule has 0 N–H and O–H groups in total. The van der Waals surface area contributed by atoms with Gasteiger partial charge in [0, 0.05) is 0 Å². The van der Waals surface area contributed by atoms with Gasteiger partial charge in [-0.15, -0.1) is 0 Å². The molecule has 0 aromatic heterocycles. The van der Waals surface area contributed by atoms with Gasteiger partial charge in [-0.2, -0.15) is 5.26 Å². The van der Waals surface area contributed by atoms with Gasteiger partial charge in [0.1, 0.15) is 0 Å². The first kappa shape index (κ1) is 13.0. The summed E-state index contributed by atoms with van der Waals surface area (Å²) in [5.41, 5.74) is 4.59. The molecule has 0 aliphatic heterocycles. The predicted molar refractivity (Wildman–Crippen MR) is 71.8 cm³/mol. The van der Waals surface area contributed by atoms with Gasteiger partial charge in [-0.1, -0.05) is 53.1 Å². The van der Waals surface area contributed by atoms with Gasteiger partial charge < -0.3 is 0 Å². The second-order valence-electron chi connectivity index (χ2n) is 4.14. The predicted octanol–water partition coefficient (Wildman–Crippen LogP) is 4.17. The number of hydrogen-bond donors (Lipinski definition) is 0.